The molecule has 0 spiro atoms. The smallest absolute Gasteiger partial charge is 0.272 e. The van der Waals surface area contributed by atoms with E-state index in [0.29, 0.717) is 21.8 Å². The summed E-state index contributed by atoms with van der Waals surface area (Å²) in [6, 6.07) is 36.6. The lowest BCUT2D eigenvalue weighted by molar-refractivity contribution is -0.117. The summed E-state index contributed by atoms with van der Waals surface area (Å²) < 4.78 is 0. The number of anilines is 3. The summed E-state index contributed by atoms with van der Waals surface area (Å²) in [5.41, 5.74) is 3.02. The third-order valence-electron chi connectivity index (χ3n) is 7.22. The van der Waals surface area contributed by atoms with Gasteiger partial charge in [0.15, 0.2) is 0 Å². The molecule has 10 heteroatoms. The topological polar surface area (TPSA) is 78.5 Å². The Hall–Kier alpha value is -4.47. The zero-order chi connectivity index (χ0) is 32.9. The van der Waals surface area contributed by atoms with Crippen molar-refractivity contribution in [3.8, 4) is 0 Å². The van der Waals surface area contributed by atoms with Gasteiger partial charge in [-0.05, 0) is 79.2 Å². The highest BCUT2D eigenvalue weighted by atomic mass is 35.5. The molecule has 0 aliphatic carbocycles. The average molecular weight is 697 g/mol. The molecule has 2 N–H and O–H groups in total. The first-order valence-electron chi connectivity index (χ1n) is 14.6. The number of amides is 3. The first kappa shape index (κ1) is 32.5. The third-order valence-corrected chi connectivity index (χ3v) is 10.3. The van der Waals surface area contributed by atoms with Crippen molar-refractivity contribution in [2.24, 2.45) is 0 Å². The van der Waals surface area contributed by atoms with E-state index in [1.807, 2.05) is 61.5 Å². The minimum Gasteiger partial charge on any atom is -0.321 e. The summed E-state index contributed by atoms with van der Waals surface area (Å²) in [4.78, 5) is 45.3. The standard InChI is InChI=1S/C37H27Cl2N3O3S2/c1-23(37(45)42-30-17-5-7-19-32(30)47-33-20-8-6-18-31(33)42)46-27-15-10-14-26(22-27)40-36(44)29(21-25-13-9-16-28(38)34(25)39)41-35(43)24-11-3-2-4-12-24/h2-23H,1H3,(H,40,44)(H,41,43)/b29-21+. The van der Waals surface area contributed by atoms with E-state index < -0.39 is 17.1 Å². The normalized spacial score (nSPS) is 12.8. The fourth-order valence-electron chi connectivity index (χ4n) is 4.95. The van der Waals surface area contributed by atoms with Crippen molar-refractivity contribution in [3.05, 3.63) is 148 Å². The molecule has 47 heavy (non-hydrogen) atoms. The highest BCUT2D eigenvalue weighted by Crippen LogP contribution is 2.48. The number of carbonyl (C=O) groups is 3. The van der Waals surface area contributed by atoms with Gasteiger partial charge in [0.2, 0.25) is 5.91 Å². The fourth-order valence-corrected chi connectivity index (χ4v) is 7.34. The number of rotatable bonds is 8. The van der Waals surface area contributed by atoms with E-state index in [2.05, 4.69) is 10.6 Å². The van der Waals surface area contributed by atoms with Crippen molar-refractivity contribution in [3.63, 3.8) is 0 Å². The number of hydrogen-bond acceptors (Lipinski definition) is 5. The van der Waals surface area contributed by atoms with Crippen LogP contribution >= 0.6 is 46.7 Å². The minimum atomic E-state index is -0.560. The van der Waals surface area contributed by atoms with Crippen molar-refractivity contribution >= 4 is 87.6 Å². The number of carbonyl (C=O) groups excluding carboxylic acids is 3. The second kappa shape index (κ2) is 14.5. The Morgan fingerprint density at radius 1 is 0.787 bits per heavy atom. The van der Waals surface area contributed by atoms with Crippen LogP contribution in [0.3, 0.4) is 0 Å². The lowest BCUT2D eigenvalue weighted by Crippen LogP contribution is -2.34. The van der Waals surface area contributed by atoms with Crippen LogP contribution < -0.4 is 15.5 Å². The van der Waals surface area contributed by atoms with Crippen LogP contribution in [0.1, 0.15) is 22.8 Å². The maximum Gasteiger partial charge on any atom is 0.272 e. The Labute approximate surface area is 291 Å². The molecule has 0 radical (unpaired) electrons. The molecule has 1 aliphatic rings. The quantitative estimate of drug-likeness (QED) is 0.125. The lowest BCUT2D eigenvalue weighted by atomic mass is 10.1. The number of para-hydroxylation sites is 2. The maximum absolute atomic E-state index is 14.0. The van der Waals surface area contributed by atoms with E-state index in [-0.39, 0.29) is 16.6 Å². The molecule has 6 nitrogen and oxygen atoms in total. The second-order valence-electron chi connectivity index (χ2n) is 10.5. The number of nitrogens with zero attached hydrogens (tertiary/aromatic N) is 1. The van der Waals surface area contributed by atoms with Crippen molar-refractivity contribution in [1.82, 2.24) is 5.32 Å². The third kappa shape index (κ3) is 7.42. The Balaban J connectivity index is 1.22. The van der Waals surface area contributed by atoms with Gasteiger partial charge in [0.1, 0.15) is 5.70 Å². The SMILES string of the molecule is CC(Sc1cccc(NC(=O)/C(=C\c2cccc(Cl)c2Cl)NC(=O)c2ccccc2)c1)C(=O)N1c2ccccc2Sc2ccccc21. The van der Waals surface area contributed by atoms with Gasteiger partial charge in [-0.25, -0.2) is 0 Å². The van der Waals surface area contributed by atoms with Gasteiger partial charge in [-0.15, -0.1) is 11.8 Å². The van der Waals surface area contributed by atoms with Crippen molar-refractivity contribution in [2.45, 2.75) is 26.9 Å². The monoisotopic (exact) mass is 695 g/mol. The van der Waals surface area contributed by atoms with Gasteiger partial charge in [-0.3, -0.25) is 19.3 Å². The average Bonchev–Trinajstić information content (AvgIpc) is 3.09. The summed E-state index contributed by atoms with van der Waals surface area (Å²) >= 11 is 15.7. The van der Waals surface area contributed by atoms with Crippen LogP contribution in [0, 0.1) is 0 Å². The maximum atomic E-state index is 14.0. The summed E-state index contributed by atoms with van der Waals surface area (Å²) in [6.07, 6.45) is 1.48. The fraction of sp³-hybridized carbons (Fsp3) is 0.0541. The van der Waals surface area contributed by atoms with Crippen LogP contribution in [0.2, 0.25) is 10.0 Å². The Morgan fingerprint density at radius 2 is 1.43 bits per heavy atom. The van der Waals surface area contributed by atoms with Gasteiger partial charge in [0.05, 0.1) is 26.7 Å². The van der Waals surface area contributed by atoms with Gasteiger partial charge < -0.3 is 10.6 Å². The second-order valence-corrected chi connectivity index (χ2v) is 13.8. The molecule has 5 aromatic rings. The molecule has 1 heterocycles. The number of benzene rings is 5. The van der Waals surface area contributed by atoms with Gasteiger partial charge >= 0.3 is 0 Å². The Kier molecular flexibility index (Phi) is 10.0. The minimum absolute atomic E-state index is 0.0232. The van der Waals surface area contributed by atoms with Crippen molar-refractivity contribution in [2.75, 3.05) is 10.2 Å². The molecule has 5 aromatic carbocycles. The van der Waals surface area contributed by atoms with Crippen LogP contribution in [-0.2, 0) is 9.59 Å². The van der Waals surface area contributed by atoms with E-state index in [0.717, 1.165) is 26.1 Å². The summed E-state index contributed by atoms with van der Waals surface area (Å²) in [6.45, 7) is 1.87. The van der Waals surface area contributed by atoms with Crippen LogP contribution in [0.5, 0.6) is 0 Å². The molecule has 0 saturated heterocycles. The van der Waals surface area contributed by atoms with Gasteiger partial charge in [0.25, 0.3) is 11.8 Å². The van der Waals surface area contributed by atoms with E-state index in [1.54, 1.807) is 83.4 Å². The van der Waals surface area contributed by atoms with Crippen molar-refractivity contribution in [1.29, 1.82) is 0 Å². The number of fused-ring (bicyclic) bond motifs is 2. The zero-order valence-electron chi connectivity index (χ0n) is 24.9. The number of nitrogens with one attached hydrogen (secondary N) is 2. The molecule has 3 amide bonds. The molecule has 1 unspecified atom stereocenters. The summed E-state index contributed by atoms with van der Waals surface area (Å²) in [7, 11) is 0. The van der Waals surface area contributed by atoms with E-state index in [4.69, 9.17) is 23.2 Å². The summed E-state index contributed by atoms with van der Waals surface area (Å²) in [5, 5.41) is 5.71. The van der Waals surface area contributed by atoms with Crippen molar-refractivity contribution < 1.29 is 14.4 Å². The molecule has 1 atom stereocenters. The van der Waals surface area contributed by atoms with Crippen LogP contribution in [0.15, 0.2) is 142 Å². The van der Waals surface area contributed by atoms with E-state index >= 15 is 0 Å². The molecular weight excluding hydrogens is 669 g/mol. The largest absolute Gasteiger partial charge is 0.321 e. The first-order chi connectivity index (χ1) is 22.8. The highest BCUT2D eigenvalue weighted by molar-refractivity contribution is 8.00. The molecule has 6 rings (SSSR count). The number of thioether (sulfide) groups is 1. The first-order valence-corrected chi connectivity index (χ1v) is 17.0. The molecule has 0 saturated carbocycles. The van der Waals surface area contributed by atoms with E-state index in [1.165, 1.54) is 17.8 Å². The number of hydrogen-bond donors (Lipinski definition) is 2. The zero-order valence-corrected chi connectivity index (χ0v) is 28.1. The van der Waals surface area contributed by atoms with Gasteiger partial charge in [-0.2, -0.15) is 0 Å². The Morgan fingerprint density at radius 3 is 2.13 bits per heavy atom. The molecular formula is C37H27Cl2N3O3S2. The highest BCUT2D eigenvalue weighted by Gasteiger charge is 2.31. The van der Waals surface area contributed by atoms with Gasteiger partial charge in [0, 0.05) is 25.9 Å². The van der Waals surface area contributed by atoms with E-state index in [9.17, 15) is 14.4 Å². The van der Waals surface area contributed by atoms with Gasteiger partial charge in [-0.1, -0.05) is 95.6 Å². The van der Waals surface area contributed by atoms with Crippen LogP contribution in [0.25, 0.3) is 6.08 Å². The predicted molar refractivity (Wildman–Crippen MR) is 193 cm³/mol. The molecule has 0 fully saturated rings. The molecule has 234 valence electrons. The molecule has 1 aliphatic heterocycles. The van der Waals surface area contributed by atoms with Crippen LogP contribution in [0.4, 0.5) is 17.1 Å². The van der Waals surface area contributed by atoms with Crippen LogP contribution in [-0.4, -0.2) is 23.0 Å². The Bertz CT molecular complexity index is 1970. The number of halogens is 2. The predicted octanol–water partition coefficient (Wildman–Crippen LogP) is 9.71. The molecule has 0 bridgehead atoms. The summed E-state index contributed by atoms with van der Waals surface area (Å²) in [5.74, 6) is -1.08. The lowest BCUT2D eigenvalue weighted by Gasteiger charge is -2.32. The molecule has 0 aromatic heterocycles.